The van der Waals surface area contributed by atoms with E-state index >= 15 is 0 Å². The van der Waals surface area contributed by atoms with Crippen molar-refractivity contribution in [3.05, 3.63) is 29.8 Å². The Labute approximate surface area is 109 Å². The quantitative estimate of drug-likeness (QED) is 0.552. The molecule has 0 aliphatic heterocycles. The van der Waals surface area contributed by atoms with E-state index < -0.39 is 0 Å². The van der Waals surface area contributed by atoms with Gasteiger partial charge >= 0.3 is 0 Å². The number of thioether (sulfide) groups is 1. The van der Waals surface area contributed by atoms with Crippen molar-refractivity contribution in [3.8, 4) is 0 Å². The third-order valence-electron chi connectivity index (χ3n) is 2.58. The van der Waals surface area contributed by atoms with Crippen LogP contribution in [0, 0.1) is 0 Å². The van der Waals surface area contributed by atoms with E-state index in [1.54, 1.807) is 0 Å². The number of aliphatic hydroxyl groups is 1. The second-order valence-electron chi connectivity index (χ2n) is 4.23. The van der Waals surface area contributed by atoms with Crippen molar-refractivity contribution in [1.29, 1.82) is 0 Å². The Balaban J connectivity index is 2.57. The summed E-state index contributed by atoms with van der Waals surface area (Å²) in [5, 5.41) is 12.8. The monoisotopic (exact) mass is 253 g/mol. The van der Waals surface area contributed by atoms with Crippen molar-refractivity contribution in [2.75, 3.05) is 13.2 Å². The highest BCUT2D eigenvalue weighted by Crippen LogP contribution is 2.28. The maximum absolute atomic E-state index is 8.93. The van der Waals surface area contributed by atoms with Crippen molar-refractivity contribution in [2.24, 2.45) is 0 Å². The van der Waals surface area contributed by atoms with Crippen LogP contribution in [-0.4, -0.2) is 23.5 Å². The molecule has 0 amide bonds. The zero-order valence-corrected chi connectivity index (χ0v) is 11.6. The van der Waals surface area contributed by atoms with E-state index in [9.17, 15) is 0 Å². The third kappa shape index (κ3) is 5.57. The molecule has 0 bridgehead atoms. The summed E-state index contributed by atoms with van der Waals surface area (Å²) in [4.78, 5) is 1.33. The van der Waals surface area contributed by atoms with Gasteiger partial charge in [0.25, 0.3) is 0 Å². The first kappa shape index (κ1) is 14.6. The minimum Gasteiger partial charge on any atom is -0.396 e. The fourth-order valence-corrected chi connectivity index (χ4v) is 2.73. The molecule has 0 fully saturated rings. The maximum atomic E-state index is 8.93. The second kappa shape index (κ2) is 8.56. The average Bonchev–Trinajstić information content (AvgIpc) is 2.32. The van der Waals surface area contributed by atoms with Crippen LogP contribution in [0.3, 0.4) is 0 Å². The highest BCUT2D eigenvalue weighted by atomic mass is 32.2. The third-order valence-corrected chi connectivity index (χ3v) is 3.87. The average molecular weight is 253 g/mol. The first-order chi connectivity index (χ1) is 8.27. The predicted octanol–water partition coefficient (Wildman–Crippen LogP) is 3.05. The van der Waals surface area contributed by atoms with Crippen LogP contribution in [0.1, 0.15) is 32.3 Å². The molecule has 96 valence electrons. The normalized spacial score (nSPS) is 12.6. The summed E-state index contributed by atoms with van der Waals surface area (Å²) < 4.78 is 0. The summed E-state index contributed by atoms with van der Waals surface area (Å²) in [5.41, 5.74) is 1.36. The molecule has 0 saturated carbocycles. The molecule has 1 aromatic carbocycles. The Bertz CT molecular complexity index is 317. The molecule has 1 aromatic rings. The molecule has 0 aromatic heterocycles. The maximum Gasteiger partial charge on any atom is 0.0441 e. The van der Waals surface area contributed by atoms with Crippen LogP contribution in [0.15, 0.2) is 29.2 Å². The van der Waals surface area contributed by atoms with Gasteiger partial charge in [-0.2, -0.15) is 0 Å². The van der Waals surface area contributed by atoms with Crippen molar-refractivity contribution >= 4 is 11.8 Å². The lowest BCUT2D eigenvalue weighted by atomic mass is 10.2. The topological polar surface area (TPSA) is 32.3 Å². The minimum atomic E-state index is 0.268. The summed E-state index contributed by atoms with van der Waals surface area (Å²) in [6, 6.07) is 8.51. The van der Waals surface area contributed by atoms with Crippen molar-refractivity contribution in [3.63, 3.8) is 0 Å². The molecule has 0 saturated heterocycles. The molecule has 0 aliphatic carbocycles. The molecule has 2 N–H and O–H groups in total. The molecule has 1 unspecified atom stereocenters. The van der Waals surface area contributed by atoms with Crippen LogP contribution >= 0.6 is 11.8 Å². The molecule has 1 rings (SSSR count). The lowest BCUT2D eigenvalue weighted by Crippen LogP contribution is -2.14. The molecule has 0 aliphatic rings. The Hall–Kier alpha value is -0.510. The van der Waals surface area contributed by atoms with E-state index in [1.807, 2.05) is 11.8 Å². The summed E-state index contributed by atoms with van der Waals surface area (Å²) in [6.45, 7) is 6.60. The van der Waals surface area contributed by atoms with Gasteiger partial charge in [0, 0.05) is 23.3 Å². The lowest BCUT2D eigenvalue weighted by Gasteiger charge is -2.13. The zero-order chi connectivity index (χ0) is 12.5. The van der Waals surface area contributed by atoms with Gasteiger partial charge in [0.1, 0.15) is 0 Å². The smallest absolute Gasteiger partial charge is 0.0441 e. The number of hydrogen-bond donors (Lipinski definition) is 2. The van der Waals surface area contributed by atoms with Crippen LogP contribution < -0.4 is 5.32 Å². The molecule has 0 radical (unpaired) electrons. The fraction of sp³-hybridized carbons (Fsp3) is 0.571. The second-order valence-corrected chi connectivity index (χ2v) is 5.71. The minimum absolute atomic E-state index is 0.268. The van der Waals surface area contributed by atoms with E-state index in [1.165, 1.54) is 10.5 Å². The van der Waals surface area contributed by atoms with Gasteiger partial charge in [-0.3, -0.25) is 0 Å². The standard InChI is InChI=1S/C14H23NOS/c1-3-9-15-11-13-6-4-5-7-14(13)17-12(2)8-10-16/h4-7,12,15-16H,3,8-11H2,1-2H3. The first-order valence-electron chi connectivity index (χ1n) is 6.34. The Morgan fingerprint density at radius 2 is 2.12 bits per heavy atom. The van der Waals surface area contributed by atoms with Gasteiger partial charge in [-0.05, 0) is 31.0 Å². The van der Waals surface area contributed by atoms with Gasteiger partial charge < -0.3 is 10.4 Å². The number of rotatable bonds is 8. The summed E-state index contributed by atoms with van der Waals surface area (Å²) in [6.07, 6.45) is 2.01. The molecule has 17 heavy (non-hydrogen) atoms. The van der Waals surface area contributed by atoms with E-state index in [0.29, 0.717) is 5.25 Å². The van der Waals surface area contributed by atoms with E-state index in [-0.39, 0.29) is 6.61 Å². The van der Waals surface area contributed by atoms with Crippen molar-refractivity contribution in [2.45, 2.75) is 43.4 Å². The number of benzene rings is 1. The number of hydrogen-bond acceptors (Lipinski definition) is 3. The molecule has 2 nitrogen and oxygen atoms in total. The molecule has 1 atom stereocenters. The van der Waals surface area contributed by atoms with Crippen LogP contribution in [0.2, 0.25) is 0 Å². The van der Waals surface area contributed by atoms with E-state index in [2.05, 4.69) is 43.4 Å². The Kier molecular flexibility index (Phi) is 7.33. The number of nitrogens with one attached hydrogen (secondary N) is 1. The van der Waals surface area contributed by atoms with Gasteiger partial charge in [-0.25, -0.2) is 0 Å². The van der Waals surface area contributed by atoms with Gasteiger partial charge in [0.2, 0.25) is 0 Å². The van der Waals surface area contributed by atoms with Crippen LogP contribution in [-0.2, 0) is 6.54 Å². The summed E-state index contributed by atoms with van der Waals surface area (Å²) in [7, 11) is 0. The van der Waals surface area contributed by atoms with E-state index in [4.69, 9.17) is 5.11 Å². The van der Waals surface area contributed by atoms with Gasteiger partial charge in [0.05, 0.1) is 0 Å². The molecule has 3 heteroatoms. The van der Waals surface area contributed by atoms with Crippen LogP contribution in [0.25, 0.3) is 0 Å². The SMILES string of the molecule is CCCNCc1ccccc1SC(C)CCO. The van der Waals surface area contributed by atoms with E-state index in [0.717, 1.165) is 25.9 Å². The highest BCUT2D eigenvalue weighted by Gasteiger charge is 2.07. The molecular weight excluding hydrogens is 230 g/mol. The molecule has 0 spiro atoms. The highest BCUT2D eigenvalue weighted by molar-refractivity contribution is 8.00. The molecule has 0 heterocycles. The Morgan fingerprint density at radius 3 is 2.82 bits per heavy atom. The first-order valence-corrected chi connectivity index (χ1v) is 7.22. The largest absolute Gasteiger partial charge is 0.396 e. The number of aliphatic hydroxyl groups excluding tert-OH is 1. The van der Waals surface area contributed by atoms with Gasteiger partial charge in [-0.1, -0.05) is 32.0 Å². The van der Waals surface area contributed by atoms with Crippen molar-refractivity contribution in [1.82, 2.24) is 5.32 Å². The predicted molar refractivity (Wildman–Crippen MR) is 75.5 cm³/mol. The van der Waals surface area contributed by atoms with Crippen LogP contribution in [0.4, 0.5) is 0 Å². The molecular formula is C14H23NOS. The van der Waals surface area contributed by atoms with Gasteiger partial charge in [0.15, 0.2) is 0 Å². The summed E-state index contributed by atoms with van der Waals surface area (Å²) >= 11 is 1.85. The zero-order valence-electron chi connectivity index (χ0n) is 10.8. The van der Waals surface area contributed by atoms with Gasteiger partial charge in [-0.15, -0.1) is 11.8 Å². The lowest BCUT2D eigenvalue weighted by molar-refractivity contribution is 0.289. The summed E-state index contributed by atoms with van der Waals surface area (Å²) in [5.74, 6) is 0. The fourth-order valence-electron chi connectivity index (χ4n) is 1.62. The van der Waals surface area contributed by atoms with Crippen LogP contribution in [0.5, 0.6) is 0 Å². The van der Waals surface area contributed by atoms with Crippen molar-refractivity contribution < 1.29 is 5.11 Å². The Morgan fingerprint density at radius 1 is 1.35 bits per heavy atom.